The van der Waals surface area contributed by atoms with Gasteiger partial charge in [0.2, 0.25) is 0 Å². The number of nitrogens with one attached hydrogen (secondary N) is 1. The number of likely N-dealkylation sites (N-methyl/N-ethyl adjacent to an activating group) is 1. The van der Waals surface area contributed by atoms with Gasteiger partial charge in [-0.15, -0.1) is 0 Å². The molecule has 0 aromatic carbocycles. The number of nitrogens with zero attached hydrogens (tertiary/aromatic N) is 3. The van der Waals surface area contributed by atoms with Gasteiger partial charge in [0, 0.05) is 42.8 Å². The van der Waals surface area contributed by atoms with Crippen LogP contribution < -0.4 is 5.32 Å². The van der Waals surface area contributed by atoms with E-state index in [4.69, 9.17) is 0 Å². The zero-order chi connectivity index (χ0) is 15.2. The summed E-state index contributed by atoms with van der Waals surface area (Å²) in [5, 5.41) is 3.58. The summed E-state index contributed by atoms with van der Waals surface area (Å²) in [5.41, 5.74) is 3.45. The maximum Gasteiger partial charge on any atom is 0.110 e. The monoisotopic (exact) mass is 286 g/mol. The summed E-state index contributed by atoms with van der Waals surface area (Å²) in [7, 11) is 0. The van der Waals surface area contributed by atoms with Gasteiger partial charge in [-0.2, -0.15) is 0 Å². The summed E-state index contributed by atoms with van der Waals surface area (Å²) in [5.74, 6) is 1.15. The SMILES string of the molecule is CCCn1ccnc1CC(NCC)c1cc(C)nc(C)c1. The Bertz CT molecular complexity index is 554. The van der Waals surface area contributed by atoms with Crippen molar-refractivity contribution in [3.05, 3.63) is 47.3 Å². The van der Waals surface area contributed by atoms with E-state index < -0.39 is 0 Å². The molecule has 0 fully saturated rings. The van der Waals surface area contributed by atoms with Crippen LogP contribution in [0.2, 0.25) is 0 Å². The van der Waals surface area contributed by atoms with E-state index in [1.54, 1.807) is 0 Å². The van der Waals surface area contributed by atoms with Crippen LogP contribution in [0.5, 0.6) is 0 Å². The summed E-state index contributed by atoms with van der Waals surface area (Å²) in [6.07, 6.45) is 6.01. The third kappa shape index (κ3) is 4.14. The quantitative estimate of drug-likeness (QED) is 0.850. The van der Waals surface area contributed by atoms with Crippen LogP contribution in [0.1, 0.15) is 49.1 Å². The highest BCUT2D eigenvalue weighted by atomic mass is 15.1. The second-order valence-electron chi connectivity index (χ2n) is 5.53. The molecule has 1 atom stereocenters. The van der Waals surface area contributed by atoms with Crippen molar-refractivity contribution in [2.24, 2.45) is 0 Å². The van der Waals surface area contributed by atoms with Gasteiger partial charge in [0.15, 0.2) is 0 Å². The van der Waals surface area contributed by atoms with Crippen molar-refractivity contribution < 1.29 is 0 Å². The van der Waals surface area contributed by atoms with Crippen molar-refractivity contribution in [3.8, 4) is 0 Å². The fourth-order valence-electron chi connectivity index (χ4n) is 2.78. The van der Waals surface area contributed by atoms with Crippen LogP contribution in [0, 0.1) is 13.8 Å². The maximum absolute atomic E-state index is 4.53. The number of aryl methyl sites for hydroxylation is 3. The van der Waals surface area contributed by atoms with Gasteiger partial charge in [-0.05, 0) is 44.5 Å². The predicted molar refractivity (Wildman–Crippen MR) is 86.4 cm³/mol. The molecule has 0 amide bonds. The van der Waals surface area contributed by atoms with E-state index in [9.17, 15) is 0 Å². The van der Waals surface area contributed by atoms with Gasteiger partial charge in [-0.25, -0.2) is 4.98 Å². The van der Waals surface area contributed by atoms with Gasteiger partial charge in [0.25, 0.3) is 0 Å². The molecule has 0 aliphatic heterocycles. The molecule has 2 heterocycles. The minimum atomic E-state index is 0.286. The Morgan fingerprint density at radius 2 is 1.90 bits per heavy atom. The second-order valence-corrected chi connectivity index (χ2v) is 5.53. The number of pyridine rings is 1. The average molecular weight is 286 g/mol. The van der Waals surface area contributed by atoms with Crippen molar-refractivity contribution in [3.63, 3.8) is 0 Å². The molecule has 4 heteroatoms. The molecule has 1 unspecified atom stereocenters. The summed E-state index contributed by atoms with van der Waals surface area (Å²) < 4.78 is 2.26. The molecule has 1 N–H and O–H groups in total. The first-order valence-electron chi connectivity index (χ1n) is 7.82. The predicted octanol–water partition coefficient (Wildman–Crippen LogP) is 3.20. The van der Waals surface area contributed by atoms with Crippen LogP contribution in [0.4, 0.5) is 0 Å². The van der Waals surface area contributed by atoms with Crippen LogP contribution in [-0.4, -0.2) is 21.1 Å². The lowest BCUT2D eigenvalue weighted by atomic mass is 10.0. The van der Waals surface area contributed by atoms with Crippen molar-refractivity contribution >= 4 is 0 Å². The lowest BCUT2D eigenvalue weighted by Crippen LogP contribution is -2.24. The molecule has 0 spiro atoms. The third-order valence-electron chi connectivity index (χ3n) is 3.61. The molecule has 2 rings (SSSR count). The van der Waals surface area contributed by atoms with Gasteiger partial charge in [-0.1, -0.05) is 13.8 Å². The highest BCUT2D eigenvalue weighted by Gasteiger charge is 2.15. The summed E-state index contributed by atoms with van der Waals surface area (Å²) >= 11 is 0. The Morgan fingerprint density at radius 3 is 2.52 bits per heavy atom. The third-order valence-corrected chi connectivity index (χ3v) is 3.61. The van der Waals surface area contributed by atoms with Crippen LogP contribution in [0.15, 0.2) is 24.5 Å². The lowest BCUT2D eigenvalue weighted by Gasteiger charge is -2.19. The number of imidazole rings is 1. The van der Waals surface area contributed by atoms with Crippen LogP contribution in [0.3, 0.4) is 0 Å². The van der Waals surface area contributed by atoms with Gasteiger partial charge in [0.05, 0.1) is 0 Å². The largest absolute Gasteiger partial charge is 0.335 e. The van der Waals surface area contributed by atoms with Crippen molar-refractivity contribution in [1.29, 1.82) is 0 Å². The fourth-order valence-corrected chi connectivity index (χ4v) is 2.78. The summed E-state index contributed by atoms with van der Waals surface area (Å²) in [6, 6.07) is 4.63. The molecule has 0 saturated carbocycles. The summed E-state index contributed by atoms with van der Waals surface area (Å²) in [4.78, 5) is 9.01. The normalized spacial score (nSPS) is 12.6. The zero-order valence-corrected chi connectivity index (χ0v) is 13.6. The van der Waals surface area contributed by atoms with Crippen molar-refractivity contribution in [2.45, 2.75) is 53.1 Å². The molecule has 4 nitrogen and oxygen atoms in total. The molecule has 21 heavy (non-hydrogen) atoms. The second kappa shape index (κ2) is 7.36. The van der Waals surface area contributed by atoms with Crippen LogP contribution >= 0.6 is 0 Å². The Balaban J connectivity index is 2.24. The molecule has 0 bridgehead atoms. The molecule has 2 aromatic heterocycles. The van der Waals surface area contributed by atoms with Crippen molar-refractivity contribution in [2.75, 3.05) is 6.54 Å². The van der Waals surface area contributed by atoms with Gasteiger partial charge < -0.3 is 9.88 Å². The highest BCUT2D eigenvalue weighted by molar-refractivity contribution is 5.24. The van der Waals surface area contributed by atoms with Gasteiger partial charge in [-0.3, -0.25) is 4.98 Å². The van der Waals surface area contributed by atoms with Crippen molar-refractivity contribution in [1.82, 2.24) is 19.9 Å². The minimum Gasteiger partial charge on any atom is -0.335 e. The topological polar surface area (TPSA) is 42.7 Å². The molecular formula is C17H26N4. The number of hydrogen-bond acceptors (Lipinski definition) is 3. The molecule has 0 aliphatic carbocycles. The Labute approximate surface area is 127 Å². The fraction of sp³-hybridized carbons (Fsp3) is 0.529. The van der Waals surface area contributed by atoms with E-state index in [2.05, 4.69) is 65.9 Å². The molecule has 114 valence electrons. The Hall–Kier alpha value is -1.68. The highest BCUT2D eigenvalue weighted by Crippen LogP contribution is 2.19. The van der Waals surface area contributed by atoms with Crippen LogP contribution in [0.25, 0.3) is 0 Å². The van der Waals surface area contributed by atoms with E-state index in [0.717, 1.165) is 43.1 Å². The Morgan fingerprint density at radius 1 is 1.19 bits per heavy atom. The first-order chi connectivity index (χ1) is 10.1. The summed E-state index contributed by atoms with van der Waals surface area (Å²) in [6.45, 7) is 10.4. The average Bonchev–Trinajstić information content (AvgIpc) is 2.85. The maximum atomic E-state index is 4.53. The minimum absolute atomic E-state index is 0.286. The van der Waals surface area contributed by atoms with E-state index in [1.807, 2.05) is 6.20 Å². The smallest absolute Gasteiger partial charge is 0.110 e. The zero-order valence-electron chi connectivity index (χ0n) is 13.6. The lowest BCUT2D eigenvalue weighted by molar-refractivity contribution is 0.515. The first-order valence-corrected chi connectivity index (χ1v) is 7.82. The number of hydrogen-bond donors (Lipinski definition) is 1. The van der Waals surface area contributed by atoms with Gasteiger partial charge in [0.1, 0.15) is 5.82 Å². The number of rotatable bonds is 7. The number of aromatic nitrogens is 3. The van der Waals surface area contributed by atoms with E-state index in [-0.39, 0.29) is 6.04 Å². The molecular weight excluding hydrogens is 260 g/mol. The molecule has 2 aromatic rings. The van der Waals surface area contributed by atoms with E-state index >= 15 is 0 Å². The standard InChI is InChI=1S/C17H26N4/c1-5-8-21-9-7-19-17(21)12-16(18-6-2)15-10-13(3)20-14(4)11-15/h7,9-11,16,18H,5-6,8,12H2,1-4H3. The van der Waals surface area contributed by atoms with Gasteiger partial charge >= 0.3 is 0 Å². The van der Waals surface area contributed by atoms with E-state index in [0.29, 0.717) is 0 Å². The first kappa shape index (κ1) is 15.7. The molecule has 0 radical (unpaired) electrons. The molecule has 0 saturated heterocycles. The van der Waals surface area contributed by atoms with E-state index in [1.165, 1.54) is 5.56 Å². The Kier molecular flexibility index (Phi) is 5.51. The molecule has 0 aliphatic rings. The van der Waals surface area contributed by atoms with Crippen LogP contribution in [-0.2, 0) is 13.0 Å².